The van der Waals surface area contributed by atoms with E-state index in [1.807, 2.05) is 12.1 Å². The standard InChI is InChI=1S/C28H38ClN5O2.2ClH/c1-21-23(29)8-7-9-25(21)33-15-12-31(13-16-33)14-17-34-26-19-28(36-3)27(35-2)18-22(26)24(30-34)20-32-10-5-4-6-11-32;;/h7-9,18-19H,4-6,10-17,20H2,1-3H3;2*1H. The third kappa shape index (κ3) is 6.62. The number of anilines is 1. The molecule has 0 bridgehead atoms. The van der Waals surface area contributed by atoms with Crippen LogP contribution in [0.15, 0.2) is 30.3 Å². The largest absolute Gasteiger partial charge is 0.493 e. The number of benzene rings is 2. The Morgan fingerprint density at radius 1 is 0.842 bits per heavy atom. The zero-order valence-corrected chi connectivity index (χ0v) is 25.0. The number of aromatic nitrogens is 2. The van der Waals surface area contributed by atoms with Gasteiger partial charge in [-0.05, 0) is 56.6 Å². The van der Waals surface area contributed by atoms with Crippen LogP contribution >= 0.6 is 36.4 Å². The highest BCUT2D eigenvalue weighted by Crippen LogP contribution is 2.34. The summed E-state index contributed by atoms with van der Waals surface area (Å²) >= 11 is 6.36. The number of hydrogen-bond acceptors (Lipinski definition) is 6. The topological polar surface area (TPSA) is 46.0 Å². The predicted octanol–water partition coefficient (Wildman–Crippen LogP) is 5.67. The highest BCUT2D eigenvalue weighted by atomic mass is 35.5. The van der Waals surface area contributed by atoms with E-state index in [4.69, 9.17) is 26.2 Å². The lowest BCUT2D eigenvalue weighted by Gasteiger charge is -2.37. The smallest absolute Gasteiger partial charge is 0.162 e. The molecule has 210 valence electrons. The molecule has 0 unspecified atom stereocenters. The first kappa shape index (κ1) is 30.6. The Balaban J connectivity index is 0.00000200. The number of methoxy groups -OCH3 is 2. The van der Waals surface area contributed by atoms with Gasteiger partial charge in [0.1, 0.15) is 0 Å². The Morgan fingerprint density at radius 3 is 2.21 bits per heavy atom. The minimum Gasteiger partial charge on any atom is -0.493 e. The first-order valence-electron chi connectivity index (χ1n) is 13.1. The van der Waals surface area contributed by atoms with Gasteiger partial charge in [0.25, 0.3) is 0 Å². The second-order valence-electron chi connectivity index (χ2n) is 9.94. The molecule has 0 saturated carbocycles. The molecule has 3 aromatic rings. The fourth-order valence-corrected chi connectivity index (χ4v) is 5.74. The third-order valence-corrected chi connectivity index (χ3v) is 8.14. The zero-order valence-electron chi connectivity index (χ0n) is 22.6. The highest BCUT2D eigenvalue weighted by Gasteiger charge is 2.22. The molecule has 2 fully saturated rings. The number of piperidine rings is 1. The van der Waals surface area contributed by atoms with Gasteiger partial charge in [0.15, 0.2) is 11.5 Å². The molecule has 0 atom stereocenters. The number of nitrogens with zero attached hydrogens (tertiary/aromatic N) is 5. The highest BCUT2D eigenvalue weighted by molar-refractivity contribution is 6.31. The van der Waals surface area contributed by atoms with Crippen molar-refractivity contribution in [1.29, 1.82) is 0 Å². The Labute approximate surface area is 243 Å². The van der Waals surface area contributed by atoms with Crippen LogP contribution in [0, 0.1) is 6.92 Å². The number of fused-ring (bicyclic) bond motifs is 1. The van der Waals surface area contributed by atoms with Gasteiger partial charge in [0.05, 0.1) is 32.0 Å². The third-order valence-electron chi connectivity index (χ3n) is 7.73. The van der Waals surface area contributed by atoms with Crippen LogP contribution < -0.4 is 14.4 Å². The van der Waals surface area contributed by atoms with E-state index >= 15 is 0 Å². The van der Waals surface area contributed by atoms with Gasteiger partial charge < -0.3 is 14.4 Å². The van der Waals surface area contributed by atoms with Crippen molar-refractivity contribution in [2.75, 3.05) is 64.9 Å². The maximum atomic E-state index is 6.36. The van der Waals surface area contributed by atoms with Crippen molar-refractivity contribution in [3.05, 3.63) is 46.6 Å². The molecule has 3 heterocycles. The lowest BCUT2D eigenvalue weighted by molar-refractivity contribution is 0.217. The molecule has 2 saturated heterocycles. The average Bonchev–Trinajstić information content (AvgIpc) is 3.25. The number of ether oxygens (including phenoxy) is 2. The first-order chi connectivity index (χ1) is 17.6. The molecule has 0 amide bonds. The molecule has 0 N–H and O–H groups in total. The van der Waals surface area contributed by atoms with E-state index in [9.17, 15) is 0 Å². The van der Waals surface area contributed by atoms with E-state index in [2.05, 4.69) is 44.5 Å². The quantitative estimate of drug-likeness (QED) is 0.340. The van der Waals surface area contributed by atoms with E-state index in [-0.39, 0.29) is 24.8 Å². The molecular weight excluding hydrogens is 545 g/mol. The monoisotopic (exact) mass is 583 g/mol. The summed E-state index contributed by atoms with van der Waals surface area (Å²) in [6.45, 7) is 11.2. The van der Waals surface area contributed by atoms with Crippen molar-refractivity contribution in [2.24, 2.45) is 0 Å². The van der Waals surface area contributed by atoms with Gasteiger partial charge in [-0.1, -0.05) is 24.1 Å². The first-order valence-corrected chi connectivity index (χ1v) is 13.5. The van der Waals surface area contributed by atoms with Gasteiger partial charge in [0.2, 0.25) is 0 Å². The van der Waals surface area contributed by atoms with Crippen molar-refractivity contribution in [1.82, 2.24) is 19.6 Å². The van der Waals surface area contributed by atoms with E-state index in [1.165, 1.54) is 35.9 Å². The summed E-state index contributed by atoms with van der Waals surface area (Å²) in [5.41, 5.74) is 4.67. The number of halogens is 3. The molecule has 0 spiro atoms. The predicted molar refractivity (Wildman–Crippen MR) is 161 cm³/mol. The fourth-order valence-electron chi connectivity index (χ4n) is 5.57. The molecule has 2 aromatic carbocycles. The van der Waals surface area contributed by atoms with Crippen molar-refractivity contribution >= 4 is 53.0 Å². The SMILES string of the molecule is COc1cc2c(CN3CCCCC3)nn(CCN3CCN(c4cccc(Cl)c4C)CC3)c2cc1OC.Cl.Cl. The molecular formula is C28H40Cl3N5O2. The van der Waals surface area contributed by atoms with E-state index < -0.39 is 0 Å². The van der Waals surface area contributed by atoms with E-state index in [0.29, 0.717) is 0 Å². The van der Waals surface area contributed by atoms with Gasteiger partial charge in [-0.2, -0.15) is 5.10 Å². The van der Waals surface area contributed by atoms with Crippen molar-refractivity contribution in [2.45, 2.75) is 39.3 Å². The Hall–Kier alpha value is -1.90. The van der Waals surface area contributed by atoms with Crippen molar-refractivity contribution in [3.63, 3.8) is 0 Å². The lowest BCUT2D eigenvalue weighted by Crippen LogP contribution is -2.47. The minimum atomic E-state index is 0. The van der Waals surface area contributed by atoms with Gasteiger partial charge in [-0.3, -0.25) is 14.5 Å². The molecule has 0 aliphatic carbocycles. The second-order valence-corrected chi connectivity index (χ2v) is 10.4. The second kappa shape index (κ2) is 13.9. The van der Waals surface area contributed by atoms with E-state index in [1.54, 1.807) is 14.2 Å². The zero-order chi connectivity index (χ0) is 25.1. The van der Waals surface area contributed by atoms with Gasteiger partial charge in [0, 0.05) is 61.4 Å². The summed E-state index contributed by atoms with van der Waals surface area (Å²) in [6, 6.07) is 10.4. The molecule has 7 nitrogen and oxygen atoms in total. The summed E-state index contributed by atoms with van der Waals surface area (Å²) in [7, 11) is 3.39. The van der Waals surface area contributed by atoms with Crippen LogP contribution in [-0.2, 0) is 13.1 Å². The van der Waals surface area contributed by atoms with Crippen LogP contribution in [0.4, 0.5) is 5.69 Å². The summed E-state index contributed by atoms with van der Waals surface area (Å²) in [4.78, 5) is 7.52. The van der Waals surface area contributed by atoms with Crippen molar-refractivity contribution in [3.8, 4) is 11.5 Å². The summed E-state index contributed by atoms with van der Waals surface area (Å²) in [5, 5.41) is 7.12. The molecule has 5 rings (SSSR count). The van der Waals surface area contributed by atoms with Gasteiger partial charge in [-0.15, -0.1) is 24.8 Å². The molecule has 0 radical (unpaired) electrons. The Kier molecular flexibility index (Phi) is 11.2. The molecule has 10 heteroatoms. The summed E-state index contributed by atoms with van der Waals surface area (Å²) < 4.78 is 13.4. The lowest BCUT2D eigenvalue weighted by atomic mass is 10.1. The molecule has 38 heavy (non-hydrogen) atoms. The molecule has 2 aliphatic heterocycles. The van der Waals surface area contributed by atoms with Crippen molar-refractivity contribution < 1.29 is 9.47 Å². The van der Waals surface area contributed by atoms with Gasteiger partial charge in [-0.25, -0.2) is 0 Å². The minimum absolute atomic E-state index is 0. The maximum absolute atomic E-state index is 6.36. The average molecular weight is 585 g/mol. The Morgan fingerprint density at radius 2 is 1.53 bits per heavy atom. The number of piperazine rings is 1. The molecule has 1 aromatic heterocycles. The van der Waals surface area contributed by atoms with Crippen LogP contribution in [0.1, 0.15) is 30.5 Å². The summed E-state index contributed by atoms with van der Waals surface area (Å²) in [5.74, 6) is 1.51. The van der Waals surface area contributed by atoms with Crippen LogP contribution in [0.2, 0.25) is 5.02 Å². The van der Waals surface area contributed by atoms with Crippen LogP contribution in [0.5, 0.6) is 11.5 Å². The Bertz CT molecular complexity index is 1190. The van der Waals surface area contributed by atoms with Crippen LogP contribution in [-0.4, -0.2) is 79.6 Å². The number of likely N-dealkylation sites (tertiary alicyclic amines) is 1. The molecule has 2 aliphatic rings. The maximum Gasteiger partial charge on any atom is 0.162 e. The number of rotatable bonds is 8. The van der Waals surface area contributed by atoms with Crippen LogP contribution in [0.3, 0.4) is 0 Å². The van der Waals surface area contributed by atoms with Gasteiger partial charge >= 0.3 is 0 Å². The van der Waals surface area contributed by atoms with E-state index in [0.717, 1.165) is 86.6 Å². The normalized spacial score (nSPS) is 16.7. The van der Waals surface area contributed by atoms with Crippen LogP contribution in [0.25, 0.3) is 10.9 Å². The number of hydrogen-bond donors (Lipinski definition) is 0. The summed E-state index contributed by atoms with van der Waals surface area (Å²) in [6.07, 6.45) is 3.88. The fraction of sp³-hybridized carbons (Fsp3) is 0.536.